The van der Waals surface area contributed by atoms with E-state index in [2.05, 4.69) is 33.0 Å². The molecule has 0 bridgehead atoms. The van der Waals surface area contributed by atoms with E-state index in [-0.39, 0.29) is 5.92 Å². The summed E-state index contributed by atoms with van der Waals surface area (Å²) >= 11 is 0. The van der Waals surface area contributed by atoms with Gasteiger partial charge in [-0.2, -0.15) is 9.61 Å². The number of rotatable bonds is 4. The fraction of sp³-hybridized carbons (Fsp3) is 0.500. The molecular formula is C18H24N6O. The highest BCUT2D eigenvalue weighted by Gasteiger charge is 2.29. The Balaban J connectivity index is 1.52. The molecule has 0 amide bonds. The number of aliphatic hydroxyl groups is 1. The first-order valence-corrected chi connectivity index (χ1v) is 8.91. The van der Waals surface area contributed by atoms with Crippen LogP contribution in [0.3, 0.4) is 0 Å². The number of piperidine rings is 1. The van der Waals surface area contributed by atoms with Gasteiger partial charge in [-0.05, 0) is 25.2 Å². The minimum Gasteiger partial charge on any atom is -0.385 e. The summed E-state index contributed by atoms with van der Waals surface area (Å²) in [6.45, 7) is 3.91. The second kappa shape index (κ2) is 6.48. The van der Waals surface area contributed by atoms with Crippen molar-refractivity contribution in [1.82, 2.24) is 24.1 Å². The van der Waals surface area contributed by atoms with Crippen LogP contribution < -0.4 is 4.90 Å². The molecular weight excluding hydrogens is 316 g/mol. The number of aliphatic hydroxyl groups excluding tert-OH is 1. The van der Waals surface area contributed by atoms with Crippen LogP contribution in [0.4, 0.5) is 5.82 Å². The first-order valence-electron chi connectivity index (χ1n) is 8.91. The number of aromatic nitrogens is 5. The molecule has 0 saturated carbocycles. The summed E-state index contributed by atoms with van der Waals surface area (Å²) in [5.41, 5.74) is 1.97. The number of anilines is 1. The van der Waals surface area contributed by atoms with Gasteiger partial charge in [0.05, 0.1) is 6.20 Å². The SMILES string of the molecule is CCc1cc(N2CCC([C@H](O)c3nccn3C)CC2)n2nccc2n1. The van der Waals surface area contributed by atoms with Crippen molar-refractivity contribution in [3.05, 3.63) is 42.2 Å². The zero-order chi connectivity index (χ0) is 17.4. The van der Waals surface area contributed by atoms with Gasteiger partial charge in [0, 0.05) is 50.4 Å². The first-order chi connectivity index (χ1) is 12.2. The largest absolute Gasteiger partial charge is 0.385 e. The fourth-order valence-corrected chi connectivity index (χ4v) is 3.67. The molecule has 7 heteroatoms. The quantitative estimate of drug-likeness (QED) is 0.786. The Kier molecular flexibility index (Phi) is 4.17. The van der Waals surface area contributed by atoms with Gasteiger partial charge in [0.2, 0.25) is 0 Å². The Hall–Kier alpha value is -2.41. The van der Waals surface area contributed by atoms with E-state index in [9.17, 15) is 5.11 Å². The summed E-state index contributed by atoms with van der Waals surface area (Å²) in [5.74, 6) is 2.08. The number of imidazole rings is 1. The van der Waals surface area contributed by atoms with Crippen LogP contribution in [0.5, 0.6) is 0 Å². The summed E-state index contributed by atoms with van der Waals surface area (Å²) in [5, 5.41) is 15.1. The van der Waals surface area contributed by atoms with Gasteiger partial charge in [0.15, 0.2) is 5.65 Å². The zero-order valence-electron chi connectivity index (χ0n) is 14.7. The predicted molar refractivity (Wildman–Crippen MR) is 95.5 cm³/mol. The van der Waals surface area contributed by atoms with Gasteiger partial charge < -0.3 is 14.6 Å². The van der Waals surface area contributed by atoms with E-state index in [0.29, 0.717) is 0 Å². The van der Waals surface area contributed by atoms with Crippen LogP contribution in [0.15, 0.2) is 30.7 Å². The van der Waals surface area contributed by atoms with E-state index >= 15 is 0 Å². The maximum absolute atomic E-state index is 10.7. The molecule has 3 aromatic heterocycles. The van der Waals surface area contributed by atoms with E-state index in [1.54, 1.807) is 12.4 Å². The van der Waals surface area contributed by atoms with Crippen LogP contribution in [0, 0.1) is 5.92 Å². The van der Waals surface area contributed by atoms with Crippen LogP contribution in [0.2, 0.25) is 0 Å². The Morgan fingerprint density at radius 1 is 1.28 bits per heavy atom. The van der Waals surface area contributed by atoms with Crippen LogP contribution >= 0.6 is 0 Å². The summed E-state index contributed by atoms with van der Waals surface area (Å²) in [6.07, 6.45) is 7.68. The molecule has 0 aliphatic carbocycles. The highest BCUT2D eigenvalue weighted by molar-refractivity contribution is 5.51. The molecule has 25 heavy (non-hydrogen) atoms. The van der Waals surface area contributed by atoms with Crippen molar-refractivity contribution in [3.8, 4) is 0 Å². The third-order valence-corrected chi connectivity index (χ3v) is 5.19. The summed E-state index contributed by atoms with van der Waals surface area (Å²) in [4.78, 5) is 11.3. The Bertz CT molecular complexity index is 861. The summed E-state index contributed by atoms with van der Waals surface area (Å²) in [6, 6.07) is 4.08. The normalized spacial score (nSPS) is 17.3. The van der Waals surface area contributed by atoms with Gasteiger partial charge >= 0.3 is 0 Å². The molecule has 1 aliphatic rings. The van der Waals surface area contributed by atoms with Crippen molar-refractivity contribution < 1.29 is 5.11 Å². The van der Waals surface area contributed by atoms with Gasteiger partial charge in [-0.25, -0.2) is 9.97 Å². The molecule has 1 aliphatic heterocycles. The van der Waals surface area contributed by atoms with Crippen LogP contribution in [-0.2, 0) is 13.5 Å². The highest BCUT2D eigenvalue weighted by Crippen LogP contribution is 2.31. The predicted octanol–water partition coefficient (Wildman–Crippen LogP) is 1.98. The Morgan fingerprint density at radius 3 is 2.76 bits per heavy atom. The van der Waals surface area contributed by atoms with Crippen LogP contribution in [0.25, 0.3) is 5.65 Å². The number of aryl methyl sites for hydroxylation is 2. The molecule has 3 aromatic rings. The third kappa shape index (κ3) is 2.89. The monoisotopic (exact) mass is 340 g/mol. The highest BCUT2D eigenvalue weighted by atomic mass is 16.3. The minimum atomic E-state index is -0.504. The van der Waals surface area contributed by atoms with Gasteiger partial charge in [-0.15, -0.1) is 0 Å². The first kappa shape index (κ1) is 16.1. The van der Waals surface area contributed by atoms with Crippen molar-refractivity contribution in [2.24, 2.45) is 13.0 Å². The lowest BCUT2D eigenvalue weighted by Crippen LogP contribution is -2.37. The number of nitrogens with zero attached hydrogens (tertiary/aromatic N) is 6. The summed E-state index contributed by atoms with van der Waals surface area (Å²) < 4.78 is 3.81. The minimum absolute atomic E-state index is 0.234. The topological polar surface area (TPSA) is 71.5 Å². The maximum atomic E-state index is 10.7. The van der Waals surface area contributed by atoms with Gasteiger partial charge in [0.25, 0.3) is 0 Å². The van der Waals surface area contributed by atoms with Crippen molar-refractivity contribution in [1.29, 1.82) is 0 Å². The van der Waals surface area contributed by atoms with E-state index < -0.39 is 6.10 Å². The third-order valence-electron chi connectivity index (χ3n) is 5.19. The molecule has 0 spiro atoms. The van der Waals surface area contributed by atoms with Crippen LogP contribution in [-0.4, -0.2) is 42.3 Å². The number of hydrogen-bond donors (Lipinski definition) is 1. The van der Waals surface area contributed by atoms with Gasteiger partial charge in [0.1, 0.15) is 17.7 Å². The Morgan fingerprint density at radius 2 is 2.08 bits per heavy atom. The fourth-order valence-electron chi connectivity index (χ4n) is 3.67. The van der Waals surface area contributed by atoms with Crippen molar-refractivity contribution in [2.75, 3.05) is 18.0 Å². The molecule has 132 valence electrons. The molecule has 0 unspecified atom stereocenters. The lowest BCUT2D eigenvalue weighted by atomic mass is 9.90. The lowest BCUT2D eigenvalue weighted by molar-refractivity contribution is 0.0823. The standard InChI is InChI=1S/C18H24N6O/c1-3-14-12-16(24-15(21-14)4-7-20-24)23-9-5-13(6-10-23)17(25)18-19-8-11-22(18)2/h4,7-8,11-13,17,25H,3,5-6,9-10H2,1-2H3/t17-/m0/s1. The second-order valence-electron chi connectivity index (χ2n) is 6.73. The van der Waals surface area contributed by atoms with E-state index in [1.807, 2.05) is 28.4 Å². The molecule has 1 atom stereocenters. The molecule has 1 fully saturated rings. The van der Waals surface area contributed by atoms with Crippen molar-refractivity contribution >= 4 is 11.5 Å². The van der Waals surface area contributed by atoms with Gasteiger partial charge in [-0.1, -0.05) is 6.92 Å². The molecule has 7 nitrogen and oxygen atoms in total. The average molecular weight is 340 g/mol. The molecule has 1 saturated heterocycles. The van der Waals surface area contributed by atoms with Crippen molar-refractivity contribution in [2.45, 2.75) is 32.3 Å². The number of fused-ring (bicyclic) bond motifs is 1. The van der Waals surface area contributed by atoms with E-state index in [0.717, 1.165) is 55.3 Å². The second-order valence-corrected chi connectivity index (χ2v) is 6.73. The van der Waals surface area contributed by atoms with E-state index in [4.69, 9.17) is 0 Å². The molecule has 4 rings (SSSR count). The summed E-state index contributed by atoms with van der Waals surface area (Å²) in [7, 11) is 1.93. The molecule has 1 N–H and O–H groups in total. The zero-order valence-corrected chi connectivity index (χ0v) is 14.7. The van der Waals surface area contributed by atoms with Gasteiger partial charge in [-0.3, -0.25) is 0 Å². The van der Waals surface area contributed by atoms with E-state index in [1.165, 1.54) is 0 Å². The maximum Gasteiger partial charge on any atom is 0.157 e. The lowest BCUT2D eigenvalue weighted by Gasteiger charge is -2.35. The van der Waals surface area contributed by atoms with Crippen LogP contribution in [0.1, 0.15) is 37.4 Å². The average Bonchev–Trinajstić information content (AvgIpc) is 3.29. The number of hydrogen-bond acceptors (Lipinski definition) is 5. The smallest absolute Gasteiger partial charge is 0.157 e. The molecule has 4 heterocycles. The Labute approximate surface area is 146 Å². The molecule has 0 aromatic carbocycles. The molecule has 0 radical (unpaired) electrons. The van der Waals surface area contributed by atoms with Crippen molar-refractivity contribution in [3.63, 3.8) is 0 Å².